The van der Waals surface area contributed by atoms with Crippen LogP contribution in [0.1, 0.15) is 42.5 Å². The second kappa shape index (κ2) is 5.56. The van der Waals surface area contributed by atoms with Gasteiger partial charge in [-0.2, -0.15) is 0 Å². The minimum Gasteiger partial charge on any atom is -0.496 e. The summed E-state index contributed by atoms with van der Waals surface area (Å²) in [5.41, 5.74) is 6.64. The quantitative estimate of drug-likeness (QED) is 0.684. The van der Waals surface area contributed by atoms with Gasteiger partial charge in [0.25, 0.3) is 0 Å². The Morgan fingerprint density at radius 3 is 2.90 bits per heavy atom. The minimum atomic E-state index is -0.353. The van der Waals surface area contributed by atoms with E-state index in [4.69, 9.17) is 19.9 Å². The van der Waals surface area contributed by atoms with Gasteiger partial charge < -0.3 is 19.9 Å². The van der Waals surface area contributed by atoms with Crippen molar-refractivity contribution < 1.29 is 19.0 Å². The van der Waals surface area contributed by atoms with Crippen LogP contribution in [0, 0.1) is 0 Å². The van der Waals surface area contributed by atoms with Gasteiger partial charge >= 0.3 is 5.97 Å². The summed E-state index contributed by atoms with van der Waals surface area (Å²) in [6.45, 7) is 0.664. The number of rotatable bonds is 3. The molecule has 0 radical (unpaired) electrons. The molecule has 1 saturated carbocycles. The molecule has 0 bridgehead atoms. The second-order valence-electron chi connectivity index (χ2n) is 5.86. The fourth-order valence-electron chi connectivity index (χ4n) is 3.09. The average molecular weight is 291 g/mol. The molecule has 2 N–H and O–H groups in total. The van der Waals surface area contributed by atoms with E-state index in [1.54, 1.807) is 18.2 Å². The van der Waals surface area contributed by atoms with Gasteiger partial charge in [0.2, 0.25) is 0 Å². The van der Waals surface area contributed by atoms with Gasteiger partial charge in [-0.3, -0.25) is 0 Å². The van der Waals surface area contributed by atoms with E-state index in [0.29, 0.717) is 23.6 Å². The van der Waals surface area contributed by atoms with E-state index in [-0.39, 0.29) is 17.7 Å². The molecule has 5 nitrogen and oxygen atoms in total. The molecule has 1 unspecified atom stereocenters. The number of esters is 1. The predicted octanol–water partition coefficient (Wildman–Crippen LogP) is 2.54. The lowest BCUT2D eigenvalue weighted by Gasteiger charge is -2.46. The van der Waals surface area contributed by atoms with Crippen LogP contribution in [0.4, 0.5) is 5.69 Å². The number of nitrogens with two attached hydrogens (primary N) is 1. The zero-order valence-electron chi connectivity index (χ0n) is 12.3. The summed E-state index contributed by atoms with van der Waals surface area (Å²) in [5.74, 6) is 0.0960. The highest BCUT2D eigenvalue weighted by molar-refractivity contribution is 5.93. The highest BCUT2D eigenvalue weighted by Crippen LogP contribution is 2.43. The largest absolute Gasteiger partial charge is 0.496 e. The van der Waals surface area contributed by atoms with Gasteiger partial charge in [0.15, 0.2) is 0 Å². The minimum absolute atomic E-state index is 0.0333. The van der Waals surface area contributed by atoms with E-state index in [1.165, 1.54) is 13.5 Å². The van der Waals surface area contributed by atoms with Gasteiger partial charge in [-0.05, 0) is 31.4 Å². The van der Waals surface area contributed by atoms with Gasteiger partial charge in [0.05, 0.1) is 19.3 Å². The molecular weight excluding hydrogens is 270 g/mol. The van der Waals surface area contributed by atoms with Crippen molar-refractivity contribution in [3.63, 3.8) is 0 Å². The smallest absolute Gasteiger partial charge is 0.342 e. The second-order valence-corrected chi connectivity index (χ2v) is 5.86. The van der Waals surface area contributed by atoms with Crippen molar-refractivity contribution in [2.24, 2.45) is 0 Å². The number of carbonyl (C=O) groups excluding carboxylic acids is 1. The fourth-order valence-corrected chi connectivity index (χ4v) is 3.09. The van der Waals surface area contributed by atoms with Crippen molar-refractivity contribution in [2.75, 3.05) is 19.5 Å². The molecule has 1 aromatic carbocycles. The van der Waals surface area contributed by atoms with Crippen LogP contribution >= 0.6 is 0 Å². The van der Waals surface area contributed by atoms with Gasteiger partial charge in [-0.15, -0.1) is 0 Å². The first kappa shape index (κ1) is 14.2. The first-order chi connectivity index (χ1) is 10.1. The fraction of sp³-hybridized carbons (Fsp3) is 0.562. The Morgan fingerprint density at radius 2 is 2.24 bits per heavy atom. The van der Waals surface area contributed by atoms with Crippen LogP contribution in [0.3, 0.4) is 0 Å². The van der Waals surface area contributed by atoms with Crippen LogP contribution in [0.2, 0.25) is 0 Å². The van der Waals surface area contributed by atoms with E-state index in [0.717, 1.165) is 25.7 Å². The predicted molar refractivity (Wildman–Crippen MR) is 78.4 cm³/mol. The number of hydrogen-bond acceptors (Lipinski definition) is 5. The van der Waals surface area contributed by atoms with Crippen molar-refractivity contribution in [1.29, 1.82) is 0 Å². The Kier molecular flexibility index (Phi) is 3.76. The summed E-state index contributed by atoms with van der Waals surface area (Å²) in [4.78, 5) is 12.3. The topological polar surface area (TPSA) is 70.8 Å². The van der Waals surface area contributed by atoms with E-state index in [9.17, 15) is 4.79 Å². The van der Waals surface area contributed by atoms with E-state index >= 15 is 0 Å². The molecule has 5 heteroatoms. The Hall–Kier alpha value is -1.75. The summed E-state index contributed by atoms with van der Waals surface area (Å²) in [5, 5.41) is 0. The highest BCUT2D eigenvalue weighted by atomic mass is 16.6. The molecule has 114 valence electrons. The van der Waals surface area contributed by atoms with Crippen molar-refractivity contribution in [3.8, 4) is 5.75 Å². The number of nitrogen functional groups attached to an aromatic ring is 1. The molecule has 0 amide bonds. The maximum Gasteiger partial charge on any atom is 0.342 e. The molecule has 1 aromatic rings. The van der Waals surface area contributed by atoms with Gasteiger partial charge in [0, 0.05) is 24.6 Å². The maximum atomic E-state index is 12.3. The molecule has 1 aliphatic heterocycles. The van der Waals surface area contributed by atoms with Crippen LogP contribution in [0.5, 0.6) is 5.75 Å². The summed E-state index contributed by atoms with van der Waals surface area (Å²) in [7, 11) is 1.52. The van der Waals surface area contributed by atoms with Crippen molar-refractivity contribution in [1.82, 2.24) is 0 Å². The Morgan fingerprint density at radius 1 is 1.43 bits per heavy atom. The van der Waals surface area contributed by atoms with E-state index < -0.39 is 0 Å². The van der Waals surface area contributed by atoms with Crippen LogP contribution in [-0.4, -0.2) is 31.4 Å². The molecule has 3 rings (SSSR count). The molecule has 21 heavy (non-hydrogen) atoms. The normalized spacial score (nSPS) is 23.4. The zero-order chi connectivity index (χ0) is 14.9. The zero-order valence-corrected chi connectivity index (χ0v) is 12.3. The summed E-state index contributed by atoms with van der Waals surface area (Å²) in [6, 6.07) is 4.96. The lowest BCUT2D eigenvalue weighted by Crippen LogP contribution is -2.48. The van der Waals surface area contributed by atoms with Crippen LogP contribution in [0.25, 0.3) is 0 Å². The molecule has 1 aliphatic carbocycles. The Bertz CT molecular complexity index is 539. The first-order valence-corrected chi connectivity index (χ1v) is 7.40. The average Bonchev–Trinajstić information content (AvgIpc) is 2.45. The van der Waals surface area contributed by atoms with Crippen molar-refractivity contribution in [3.05, 3.63) is 23.8 Å². The van der Waals surface area contributed by atoms with Gasteiger partial charge in [0.1, 0.15) is 17.4 Å². The number of anilines is 1. The van der Waals surface area contributed by atoms with Crippen molar-refractivity contribution >= 4 is 11.7 Å². The molecule has 2 aliphatic rings. The first-order valence-electron chi connectivity index (χ1n) is 7.40. The van der Waals surface area contributed by atoms with E-state index in [1.807, 2.05) is 0 Å². The Labute approximate surface area is 124 Å². The maximum absolute atomic E-state index is 12.3. The van der Waals surface area contributed by atoms with Crippen LogP contribution in [-0.2, 0) is 9.47 Å². The summed E-state index contributed by atoms with van der Waals surface area (Å²) >= 11 is 0. The third kappa shape index (κ3) is 2.83. The molecule has 1 spiro atoms. The number of carbonyl (C=O) groups is 1. The lowest BCUT2D eigenvalue weighted by atomic mass is 9.74. The molecule has 1 saturated heterocycles. The van der Waals surface area contributed by atoms with E-state index in [2.05, 4.69) is 0 Å². The number of benzene rings is 1. The Balaban J connectivity index is 1.68. The van der Waals surface area contributed by atoms with Gasteiger partial charge in [-0.25, -0.2) is 4.79 Å². The molecule has 1 heterocycles. The highest BCUT2D eigenvalue weighted by Gasteiger charge is 2.43. The molecule has 1 atom stereocenters. The third-order valence-corrected chi connectivity index (χ3v) is 4.43. The number of ether oxygens (including phenoxy) is 3. The van der Waals surface area contributed by atoms with Crippen molar-refractivity contribution in [2.45, 2.75) is 43.8 Å². The molecule has 0 aromatic heterocycles. The monoisotopic (exact) mass is 291 g/mol. The summed E-state index contributed by atoms with van der Waals surface area (Å²) in [6.07, 6.45) is 4.83. The van der Waals surface area contributed by atoms with Crippen LogP contribution in [0.15, 0.2) is 18.2 Å². The summed E-state index contributed by atoms with van der Waals surface area (Å²) < 4.78 is 16.7. The number of methoxy groups -OCH3 is 1. The molecule has 2 fully saturated rings. The lowest BCUT2D eigenvalue weighted by molar-refractivity contribution is -0.159. The number of hydrogen-bond donors (Lipinski definition) is 1. The SMILES string of the molecule is COc1cc(N)ccc1C(=O)OC1CCOC2(CCC2)C1. The van der Waals surface area contributed by atoms with Crippen LogP contribution < -0.4 is 10.5 Å². The van der Waals surface area contributed by atoms with Gasteiger partial charge in [-0.1, -0.05) is 0 Å². The molecular formula is C16H21NO4. The standard InChI is InChI=1S/C16H21NO4/c1-19-14-9-11(17)3-4-13(14)15(18)21-12-5-8-20-16(10-12)6-2-7-16/h3-4,9,12H,2,5-8,10,17H2,1H3. The third-order valence-electron chi connectivity index (χ3n) is 4.43.